The van der Waals surface area contributed by atoms with Gasteiger partial charge in [0.2, 0.25) is 0 Å². The largest absolute Gasteiger partial charge is 0.464 e. The number of carbonyl (C=O) groups excluding carboxylic acids is 1. The summed E-state index contributed by atoms with van der Waals surface area (Å²) < 4.78 is 30.3. The SMILES string of the molecule is C#CCN(CCC)S(=O)(=O)c1scnc1C(=O)OC. The number of carbonyl (C=O) groups is 1. The van der Waals surface area contributed by atoms with E-state index in [4.69, 9.17) is 6.42 Å². The van der Waals surface area contributed by atoms with Gasteiger partial charge in [-0.25, -0.2) is 18.2 Å². The van der Waals surface area contributed by atoms with E-state index in [1.807, 2.05) is 6.92 Å². The van der Waals surface area contributed by atoms with Crippen molar-refractivity contribution < 1.29 is 17.9 Å². The van der Waals surface area contributed by atoms with E-state index in [0.29, 0.717) is 6.42 Å². The molecular weight excluding hydrogens is 288 g/mol. The zero-order valence-corrected chi connectivity index (χ0v) is 12.3. The van der Waals surface area contributed by atoms with E-state index in [-0.39, 0.29) is 23.0 Å². The smallest absolute Gasteiger partial charge is 0.358 e. The minimum absolute atomic E-state index is 0.0469. The van der Waals surface area contributed by atoms with Gasteiger partial charge in [-0.2, -0.15) is 4.31 Å². The Morgan fingerprint density at radius 2 is 2.32 bits per heavy atom. The molecule has 19 heavy (non-hydrogen) atoms. The molecule has 0 saturated carbocycles. The first-order valence-corrected chi connectivity index (χ1v) is 7.76. The summed E-state index contributed by atoms with van der Waals surface area (Å²) >= 11 is 0.870. The summed E-state index contributed by atoms with van der Waals surface area (Å²) in [6, 6.07) is 0. The second-order valence-electron chi connectivity index (χ2n) is 3.52. The molecule has 0 radical (unpaired) electrons. The highest BCUT2D eigenvalue weighted by Crippen LogP contribution is 2.24. The van der Waals surface area contributed by atoms with E-state index in [9.17, 15) is 13.2 Å². The van der Waals surface area contributed by atoms with Crippen LogP contribution in [0.2, 0.25) is 0 Å². The van der Waals surface area contributed by atoms with Crippen molar-refractivity contribution in [2.75, 3.05) is 20.2 Å². The van der Waals surface area contributed by atoms with Crippen LogP contribution >= 0.6 is 11.3 Å². The molecular formula is C11H14N2O4S2. The Morgan fingerprint density at radius 3 is 2.84 bits per heavy atom. The molecule has 0 amide bonds. The van der Waals surface area contributed by atoms with Gasteiger partial charge in [0.15, 0.2) is 9.90 Å². The minimum Gasteiger partial charge on any atom is -0.464 e. The van der Waals surface area contributed by atoms with Crippen LogP contribution in [0.25, 0.3) is 0 Å². The lowest BCUT2D eigenvalue weighted by Gasteiger charge is -2.18. The van der Waals surface area contributed by atoms with E-state index in [1.165, 1.54) is 12.6 Å². The molecule has 1 heterocycles. The average molecular weight is 302 g/mol. The molecule has 0 atom stereocenters. The fraction of sp³-hybridized carbons (Fsp3) is 0.455. The lowest BCUT2D eigenvalue weighted by Crippen LogP contribution is -2.32. The number of terminal acetylenes is 1. The van der Waals surface area contributed by atoms with Crippen LogP contribution in [0.3, 0.4) is 0 Å². The molecule has 1 aromatic heterocycles. The maximum Gasteiger partial charge on any atom is 0.358 e. The van der Waals surface area contributed by atoms with Crippen LogP contribution in [0.4, 0.5) is 0 Å². The first-order valence-electron chi connectivity index (χ1n) is 5.44. The van der Waals surface area contributed by atoms with Gasteiger partial charge in [0, 0.05) is 6.54 Å². The fourth-order valence-electron chi connectivity index (χ4n) is 1.40. The summed E-state index contributed by atoms with van der Waals surface area (Å²) in [5, 5.41) is 0. The van der Waals surface area contributed by atoms with Gasteiger partial charge in [0.1, 0.15) is 0 Å². The van der Waals surface area contributed by atoms with Gasteiger partial charge >= 0.3 is 5.97 Å². The van der Waals surface area contributed by atoms with Crippen molar-refractivity contribution in [2.24, 2.45) is 0 Å². The van der Waals surface area contributed by atoms with E-state index in [2.05, 4.69) is 15.6 Å². The molecule has 0 bridgehead atoms. The van der Waals surface area contributed by atoms with Crippen molar-refractivity contribution in [3.8, 4) is 12.3 Å². The third-order valence-corrected chi connectivity index (χ3v) is 5.42. The first-order chi connectivity index (χ1) is 8.98. The first kappa shape index (κ1) is 15.6. The van der Waals surface area contributed by atoms with Crippen molar-refractivity contribution in [3.63, 3.8) is 0 Å². The number of hydrogen-bond donors (Lipinski definition) is 0. The number of thiazole rings is 1. The van der Waals surface area contributed by atoms with E-state index >= 15 is 0 Å². The van der Waals surface area contributed by atoms with Crippen LogP contribution in [-0.4, -0.2) is 43.9 Å². The van der Waals surface area contributed by atoms with E-state index in [1.54, 1.807) is 0 Å². The molecule has 0 aromatic carbocycles. The molecule has 0 aliphatic carbocycles. The molecule has 0 fully saturated rings. The summed E-state index contributed by atoms with van der Waals surface area (Å²) in [6.45, 7) is 2.08. The second kappa shape index (κ2) is 6.65. The highest BCUT2D eigenvalue weighted by atomic mass is 32.2. The molecule has 0 spiro atoms. The fourth-order valence-corrected chi connectivity index (χ4v) is 4.12. The Balaban J connectivity index is 3.23. The number of hydrogen-bond acceptors (Lipinski definition) is 6. The minimum atomic E-state index is -3.82. The summed E-state index contributed by atoms with van der Waals surface area (Å²) in [5.74, 6) is 1.52. The lowest BCUT2D eigenvalue weighted by molar-refractivity contribution is 0.0590. The molecule has 0 unspecified atom stereocenters. The van der Waals surface area contributed by atoms with Gasteiger partial charge in [-0.15, -0.1) is 17.8 Å². The Kier molecular flexibility index (Phi) is 5.47. The third kappa shape index (κ3) is 3.32. The number of esters is 1. The molecule has 0 aliphatic rings. The van der Waals surface area contributed by atoms with Crippen molar-refractivity contribution in [2.45, 2.75) is 17.6 Å². The average Bonchev–Trinajstić information content (AvgIpc) is 2.87. The van der Waals surface area contributed by atoms with Crippen LogP contribution in [0.15, 0.2) is 9.72 Å². The third-order valence-electron chi connectivity index (χ3n) is 2.23. The number of aromatic nitrogens is 1. The molecule has 6 nitrogen and oxygen atoms in total. The number of sulfonamides is 1. The molecule has 104 valence electrons. The number of ether oxygens (including phenoxy) is 1. The van der Waals surface area contributed by atoms with Crippen LogP contribution < -0.4 is 0 Å². The molecule has 0 N–H and O–H groups in total. The maximum atomic E-state index is 12.4. The van der Waals surface area contributed by atoms with Gasteiger partial charge in [0.05, 0.1) is 19.2 Å². The van der Waals surface area contributed by atoms with Gasteiger partial charge in [-0.3, -0.25) is 0 Å². The summed E-state index contributed by atoms with van der Waals surface area (Å²) in [6.07, 6.45) is 5.79. The van der Waals surface area contributed by atoms with Crippen molar-refractivity contribution >= 4 is 27.3 Å². The summed E-state index contributed by atoms with van der Waals surface area (Å²) in [4.78, 5) is 15.2. The van der Waals surface area contributed by atoms with Gasteiger partial charge in [0.25, 0.3) is 10.0 Å². The van der Waals surface area contributed by atoms with Gasteiger partial charge in [-0.05, 0) is 6.42 Å². The molecule has 8 heteroatoms. The number of methoxy groups -OCH3 is 1. The van der Waals surface area contributed by atoms with Gasteiger partial charge in [-0.1, -0.05) is 12.8 Å². The lowest BCUT2D eigenvalue weighted by atomic mass is 10.5. The molecule has 0 saturated heterocycles. The van der Waals surface area contributed by atoms with E-state index in [0.717, 1.165) is 15.6 Å². The van der Waals surface area contributed by atoms with E-state index < -0.39 is 16.0 Å². The Hall–Kier alpha value is -1.43. The highest BCUT2D eigenvalue weighted by molar-refractivity contribution is 7.91. The summed E-state index contributed by atoms with van der Waals surface area (Å²) in [7, 11) is -2.65. The number of nitrogens with zero attached hydrogens (tertiary/aromatic N) is 2. The van der Waals surface area contributed by atoms with Crippen LogP contribution in [0.1, 0.15) is 23.8 Å². The van der Waals surface area contributed by atoms with Crippen molar-refractivity contribution in [3.05, 3.63) is 11.2 Å². The molecule has 1 rings (SSSR count). The second-order valence-corrected chi connectivity index (χ2v) is 6.51. The molecule has 0 aliphatic heterocycles. The topological polar surface area (TPSA) is 76.6 Å². The normalized spacial score (nSPS) is 11.3. The quantitative estimate of drug-likeness (QED) is 0.578. The zero-order chi connectivity index (χ0) is 14.5. The van der Waals surface area contributed by atoms with Crippen LogP contribution in [0.5, 0.6) is 0 Å². The predicted molar refractivity (Wildman–Crippen MR) is 71.3 cm³/mol. The maximum absolute atomic E-state index is 12.4. The predicted octanol–water partition coefficient (Wildman–Crippen LogP) is 0.964. The van der Waals surface area contributed by atoms with Crippen LogP contribution in [0, 0.1) is 12.3 Å². The molecule has 1 aromatic rings. The Bertz CT molecular complexity index is 586. The Labute approximate surface area is 116 Å². The zero-order valence-electron chi connectivity index (χ0n) is 10.6. The van der Waals surface area contributed by atoms with Gasteiger partial charge < -0.3 is 4.74 Å². The number of rotatable bonds is 6. The Morgan fingerprint density at radius 1 is 1.63 bits per heavy atom. The van der Waals surface area contributed by atoms with Crippen molar-refractivity contribution in [1.29, 1.82) is 0 Å². The monoisotopic (exact) mass is 302 g/mol. The van der Waals surface area contributed by atoms with Crippen molar-refractivity contribution in [1.82, 2.24) is 9.29 Å². The van der Waals surface area contributed by atoms with Crippen LogP contribution in [-0.2, 0) is 14.8 Å². The highest BCUT2D eigenvalue weighted by Gasteiger charge is 2.31. The standard InChI is InChI=1S/C11H14N2O4S2/c1-4-6-13(7-5-2)19(15,16)11-9(10(14)17-3)12-8-18-11/h1,8H,5-7H2,2-3H3. The summed E-state index contributed by atoms with van der Waals surface area (Å²) in [5.41, 5.74) is 1.09.